The minimum atomic E-state index is -5.13. The number of nitro groups is 1. The number of halogens is 4. The number of nitrogens with zero attached hydrogens (tertiary/aromatic N) is 2. The lowest BCUT2D eigenvalue weighted by Crippen LogP contribution is -2.19. The van der Waals surface area contributed by atoms with E-state index in [-0.39, 0.29) is 0 Å². The zero-order chi connectivity index (χ0) is 14.1. The van der Waals surface area contributed by atoms with Crippen LogP contribution in [0, 0.1) is 17.0 Å². The van der Waals surface area contributed by atoms with Crippen molar-refractivity contribution >= 4 is 22.5 Å². The molecule has 0 amide bonds. The van der Waals surface area contributed by atoms with Crippen LogP contribution < -0.4 is 4.74 Å². The van der Waals surface area contributed by atoms with Crippen molar-refractivity contribution in [1.29, 1.82) is 0 Å². The molecule has 0 spiro atoms. The Hall–Kier alpha value is -1.90. The molecule has 0 saturated carbocycles. The van der Waals surface area contributed by atoms with Crippen LogP contribution in [0.25, 0.3) is 0 Å². The molecule has 0 aliphatic heterocycles. The Labute approximate surface area is 102 Å². The van der Waals surface area contributed by atoms with Crippen molar-refractivity contribution in [3.8, 4) is 5.75 Å². The van der Waals surface area contributed by atoms with E-state index in [1.165, 1.54) is 0 Å². The van der Waals surface area contributed by atoms with Gasteiger partial charge in [-0.05, 0) is 18.5 Å². The molecule has 0 aliphatic carbocycles. The van der Waals surface area contributed by atoms with E-state index in [2.05, 4.69) is 9.72 Å². The molecule has 1 heterocycles. The molecule has 6 nitrogen and oxygen atoms in total. The molecule has 1 aromatic rings. The number of ether oxygens (including phenoxy) is 1. The van der Waals surface area contributed by atoms with E-state index >= 15 is 0 Å². The number of aromatic nitrogens is 1. The third kappa shape index (κ3) is 3.29. The van der Waals surface area contributed by atoms with E-state index in [1.54, 1.807) is 0 Å². The van der Waals surface area contributed by atoms with E-state index < -0.39 is 39.4 Å². The van der Waals surface area contributed by atoms with Crippen molar-refractivity contribution in [1.82, 2.24) is 4.98 Å². The fraction of sp³-hybridized carbons (Fsp3) is 0.250. The van der Waals surface area contributed by atoms with E-state index in [9.17, 15) is 28.1 Å². The van der Waals surface area contributed by atoms with Gasteiger partial charge in [0.1, 0.15) is 11.4 Å². The van der Waals surface area contributed by atoms with Gasteiger partial charge in [-0.1, -0.05) is 0 Å². The van der Waals surface area contributed by atoms with Crippen LogP contribution in [0.15, 0.2) is 6.07 Å². The molecule has 0 aromatic carbocycles. The second-order valence-corrected chi connectivity index (χ2v) is 3.36. The van der Waals surface area contributed by atoms with Gasteiger partial charge in [0.25, 0.3) is 5.24 Å². The second kappa shape index (κ2) is 4.77. The average molecular weight is 285 g/mol. The first kappa shape index (κ1) is 14.2. The van der Waals surface area contributed by atoms with Crippen LogP contribution >= 0.6 is 11.6 Å². The van der Waals surface area contributed by atoms with Crippen LogP contribution in [0.5, 0.6) is 5.75 Å². The first-order valence-corrected chi connectivity index (χ1v) is 4.61. The van der Waals surface area contributed by atoms with E-state index in [1.807, 2.05) is 0 Å². The van der Waals surface area contributed by atoms with Gasteiger partial charge in [0, 0.05) is 6.07 Å². The lowest BCUT2D eigenvalue weighted by molar-refractivity contribution is -0.389. The predicted octanol–water partition coefficient (Wildman–Crippen LogP) is 2.58. The Morgan fingerprint density at radius 3 is 2.50 bits per heavy atom. The van der Waals surface area contributed by atoms with Crippen molar-refractivity contribution in [3.63, 3.8) is 0 Å². The Morgan fingerprint density at radius 1 is 1.56 bits per heavy atom. The van der Waals surface area contributed by atoms with Gasteiger partial charge >= 0.3 is 12.0 Å². The molecular weight excluding hydrogens is 281 g/mol. The molecule has 0 radical (unpaired) electrons. The lowest BCUT2D eigenvalue weighted by atomic mass is 10.2. The van der Waals surface area contributed by atoms with Gasteiger partial charge < -0.3 is 4.74 Å². The number of rotatable bonds is 3. The van der Waals surface area contributed by atoms with Crippen LogP contribution in [-0.4, -0.2) is 21.5 Å². The standard InChI is InChI=1S/C8H4ClF3N2O4/c1-3-6(14(16)17)5(18-8(10,11)12)2-4(13-3)7(9)15/h2H,1H3. The van der Waals surface area contributed by atoms with Gasteiger partial charge in [-0.2, -0.15) is 0 Å². The fourth-order valence-electron chi connectivity index (χ4n) is 1.16. The highest BCUT2D eigenvalue weighted by molar-refractivity contribution is 6.67. The van der Waals surface area contributed by atoms with E-state index in [4.69, 9.17) is 11.6 Å². The Kier molecular flexibility index (Phi) is 3.75. The van der Waals surface area contributed by atoms with Crippen molar-refractivity contribution in [2.45, 2.75) is 13.3 Å². The first-order valence-electron chi connectivity index (χ1n) is 4.23. The Bertz CT molecular complexity index is 518. The van der Waals surface area contributed by atoms with Gasteiger partial charge in [0.15, 0.2) is 0 Å². The SMILES string of the molecule is Cc1nc(C(=O)Cl)cc(OC(F)(F)F)c1[N+](=O)[O-]. The summed E-state index contributed by atoms with van der Waals surface area (Å²) in [5.41, 5.74) is -1.96. The molecule has 18 heavy (non-hydrogen) atoms. The lowest BCUT2D eigenvalue weighted by Gasteiger charge is -2.10. The topological polar surface area (TPSA) is 82.3 Å². The summed E-state index contributed by atoms with van der Waals surface area (Å²) in [6.07, 6.45) is -5.13. The zero-order valence-corrected chi connectivity index (χ0v) is 9.37. The van der Waals surface area contributed by atoms with Crippen LogP contribution in [0.1, 0.15) is 16.2 Å². The minimum Gasteiger partial charge on any atom is -0.398 e. The number of hydrogen-bond acceptors (Lipinski definition) is 5. The summed E-state index contributed by atoms with van der Waals surface area (Å²) in [7, 11) is 0. The third-order valence-corrected chi connectivity index (χ3v) is 1.94. The monoisotopic (exact) mass is 284 g/mol. The molecule has 0 bridgehead atoms. The summed E-state index contributed by atoms with van der Waals surface area (Å²) in [6.45, 7) is 1.06. The molecular formula is C8H4ClF3N2O4. The molecule has 10 heteroatoms. The van der Waals surface area contributed by atoms with Gasteiger partial charge in [-0.15, -0.1) is 13.2 Å². The van der Waals surface area contributed by atoms with Gasteiger partial charge in [-0.25, -0.2) is 4.98 Å². The van der Waals surface area contributed by atoms with Crippen molar-refractivity contribution in [2.75, 3.05) is 0 Å². The largest absolute Gasteiger partial charge is 0.573 e. The maximum absolute atomic E-state index is 12.1. The number of alkyl halides is 3. The first-order chi connectivity index (χ1) is 8.11. The molecule has 0 aliphatic rings. The summed E-state index contributed by atoms with van der Waals surface area (Å²) in [6, 6.07) is 0.466. The van der Waals surface area contributed by atoms with Crippen molar-refractivity contribution < 1.29 is 27.6 Å². The quantitative estimate of drug-likeness (QED) is 0.484. The van der Waals surface area contributed by atoms with E-state index in [0.29, 0.717) is 6.07 Å². The minimum absolute atomic E-state index is 0.411. The highest BCUT2D eigenvalue weighted by Crippen LogP contribution is 2.34. The van der Waals surface area contributed by atoms with Crippen LogP contribution in [0.2, 0.25) is 0 Å². The maximum Gasteiger partial charge on any atom is 0.573 e. The molecule has 98 valence electrons. The highest BCUT2D eigenvalue weighted by atomic mass is 35.5. The number of carbonyl (C=O) groups excluding carboxylic acids is 1. The van der Waals surface area contributed by atoms with Crippen molar-refractivity contribution in [2.24, 2.45) is 0 Å². The predicted molar refractivity (Wildman–Crippen MR) is 52.5 cm³/mol. The van der Waals surface area contributed by atoms with Crippen LogP contribution in [0.4, 0.5) is 18.9 Å². The summed E-state index contributed by atoms with van der Waals surface area (Å²) < 4.78 is 39.7. The normalized spacial score (nSPS) is 11.2. The van der Waals surface area contributed by atoms with Gasteiger partial charge in [-0.3, -0.25) is 14.9 Å². The Morgan fingerprint density at radius 2 is 2.11 bits per heavy atom. The van der Waals surface area contributed by atoms with Crippen LogP contribution in [-0.2, 0) is 0 Å². The summed E-state index contributed by atoms with van der Waals surface area (Å²) >= 11 is 5.04. The molecule has 1 aromatic heterocycles. The average Bonchev–Trinajstić information content (AvgIpc) is 2.12. The number of pyridine rings is 1. The molecule has 0 fully saturated rings. The van der Waals surface area contributed by atoms with Gasteiger partial charge in [0.05, 0.1) is 4.92 Å². The summed E-state index contributed by atoms with van der Waals surface area (Å²) in [4.78, 5) is 23.7. The molecule has 1 rings (SSSR count). The number of aryl methyl sites for hydroxylation is 1. The maximum atomic E-state index is 12.1. The number of carbonyl (C=O) groups is 1. The number of hydrogen-bond donors (Lipinski definition) is 0. The summed E-state index contributed by atoms with van der Waals surface area (Å²) in [5, 5.41) is 9.46. The van der Waals surface area contributed by atoms with Gasteiger partial charge in [0.2, 0.25) is 5.75 Å². The zero-order valence-electron chi connectivity index (χ0n) is 8.62. The Balaban J connectivity index is 3.43. The summed E-state index contributed by atoms with van der Waals surface area (Å²) in [5.74, 6) is -1.14. The van der Waals surface area contributed by atoms with Crippen molar-refractivity contribution in [3.05, 3.63) is 27.6 Å². The van der Waals surface area contributed by atoms with E-state index in [0.717, 1.165) is 6.92 Å². The highest BCUT2D eigenvalue weighted by Gasteiger charge is 2.36. The smallest absolute Gasteiger partial charge is 0.398 e. The molecule has 0 atom stereocenters. The molecule has 0 N–H and O–H groups in total. The molecule has 0 saturated heterocycles. The third-order valence-electron chi connectivity index (χ3n) is 1.74. The van der Waals surface area contributed by atoms with Crippen LogP contribution in [0.3, 0.4) is 0 Å². The molecule has 0 unspecified atom stereocenters. The second-order valence-electron chi connectivity index (χ2n) is 3.02. The fourth-order valence-corrected chi connectivity index (χ4v) is 1.26.